The second-order valence-corrected chi connectivity index (χ2v) is 3.84. The van der Waals surface area contributed by atoms with Crippen molar-refractivity contribution in [2.24, 2.45) is 11.7 Å². The molecule has 0 spiro atoms. The molecule has 2 nitrogen and oxygen atoms in total. The van der Waals surface area contributed by atoms with Crippen LogP contribution in [0.4, 0.5) is 0 Å². The summed E-state index contributed by atoms with van der Waals surface area (Å²) in [7, 11) is 0. The van der Waals surface area contributed by atoms with Crippen molar-refractivity contribution >= 4 is 5.57 Å². The third-order valence-corrected chi connectivity index (χ3v) is 2.33. The molecule has 0 atom stereocenters. The zero-order valence-electron chi connectivity index (χ0n) is 9.09. The fourth-order valence-corrected chi connectivity index (χ4v) is 1.57. The van der Waals surface area contributed by atoms with Gasteiger partial charge in [-0.25, -0.2) is 0 Å². The van der Waals surface area contributed by atoms with Gasteiger partial charge in [0.15, 0.2) is 0 Å². The van der Waals surface area contributed by atoms with E-state index in [2.05, 4.69) is 31.0 Å². The molecule has 0 aliphatic carbocycles. The first-order valence-corrected chi connectivity index (χ1v) is 5.29. The molecule has 3 N–H and O–H groups in total. The van der Waals surface area contributed by atoms with Gasteiger partial charge in [0.25, 0.3) is 0 Å². The lowest BCUT2D eigenvalue weighted by Crippen LogP contribution is -1.98. The third-order valence-electron chi connectivity index (χ3n) is 2.33. The van der Waals surface area contributed by atoms with Crippen LogP contribution in [0.1, 0.15) is 32.3 Å². The average molecular weight is 192 g/mol. The Kier molecular flexibility index (Phi) is 4.47. The normalized spacial score (nSPS) is 12.4. The van der Waals surface area contributed by atoms with E-state index in [0.717, 1.165) is 19.4 Å². The summed E-state index contributed by atoms with van der Waals surface area (Å²) in [6, 6.07) is 2.12. The molecular formula is C12H20N2. The van der Waals surface area contributed by atoms with Gasteiger partial charge in [0.1, 0.15) is 0 Å². The lowest BCUT2D eigenvalue weighted by molar-refractivity contribution is 0.824. The van der Waals surface area contributed by atoms with Crippen LogP contribution in [-0.2, 0) is 0 Å². The Morgan fingerprint density at radius 3 is 2.86 bits per heavy atom. The van der Waals surface area contributed by atoms with Crippen LogP contribution in [0.25, 0.3) is 5.57 Å². The Morgan fingerprint density at radius 1 is 1.57 bits per heavy atom. The maximum atomic E-state index is 5.47. The Labute approximate surface area is 86.2 Å². The fraction of sp³-hybridized carbons (Fsp3) is 0.500. The molecule has 0 saturated heterocycles. The average Bonchev–Trinajstić information content (AvgIpc) is 2.64. The second-order valence-electron chi connectivity index (χ2n) is 3.84. The number of aromatic amines is 1. The number of rotatable bonds is 5. The largest absolute Gasteiger partial charge is 0.367 e. The molecular weight excluding hydrogens is 172 g/mol. The van der Waals surface area contributed by atoms with E-state index in [0.29, 0.717) is 5.92 Å². The molecule has 2 heteroatoms. The van der Waals surface area contributed by atoms with Crippen LogP contribution < -0.4 is 5.73 Å². The van der Waals surface area contributed by atoms with Crippen molar-refractivity contribution in [2.75, 3.05) is 6.54 Å². The number of nitrogens with one attached hydrogen (secondary N) is 1. The van der Waals surface area contributed by atoms with E-state index in [1.54, 1.807) is 0 Å². The van der Waals surface area contributed by atoms with Gasteiger partial charge in [-0.15, -0.1) is 0 Å². The Hall–Kier alpha value is -1.02. The zero-order valence-corrected chi connectivity index (χ0v) is 9.09. The summed E-state index contributed by atoms with van der Waals surface area (Å²) < 4.78 is 0. The van der Waals surface area contributed by atoms with Gasteiger partial charge < -0.3 is 10.7 Å². The van der Waals surface area contributed by atoms with Crippen molar-refractivity contribution in [3.05, 3.63) is 30.1 Å². The van der Waals surface area contributed by atoms with E-state index < -0.39 is 0 Å². The highest BCUT2D eigenvalue weighted by Gasteiger charge is 2.05. The zero-order chi connectivity index (χ0) is 10.4. The molecule has 1 aromatic heterocycles. The molecule has 0 radical (unpaired) electrons. The summed E-state index contributed by atoms with van der Waals surface area (Å²) in [4.78, 5) is 3.09. The fourth-order valence-electron chi connectivity index (χ4n) is 1.57. The van der Waals surface area contributed by atoms with Crippen LogP contribution in [0.2, 0.25) is 0 Å². The maximum Gasteiger partial charge on any atom is 0.00808 e. The second kappa shape index (κ2) is 5.66. The van der Waals surface area contributed by atoms with E-state index in [1.165, 1.54) is 11.1 Å². The third kappa shape index (κ3) is 3.04. The van der Waals surface area contributed by atoms with E-state index in [9.17, 15) is 0 Å². The predicted molar refractivity (Wildman–Crippen MR) is 61.9 cm³/mol. The molecule has 1 rings (SSSR count). The Balaban J connectivity index is 2.70. The lowest BCUT2D eigenvalue weighted by Gasteiger charge is -2.09. The number of unbranched alkanes of at least 4 members (excludes halogenated alkanes) is 1. The Bertz CT molecular complexity index is 271. The van der Waals surface area contributed by atoms with E-state index in [1.807, 2.05) is 12.4 Å². The topological polar surface area (TPSA) is 41.8 Å². The highest BCUT2D eigenvalue weighted by atomic mass is 14.6. The minimum absolute atomic E-state index is 0.573. The highest BCUT2D eigenvalue weighted by Crippen LogP contribution is 2.23. The molecule has 1 heterocycles. The first-order valence-electron chi connectivity index (χ1n) is 5.29. The first-order chi connectivity index (χ1) is 6.75. The summed E-state index contributed by atoms with van der Waals surface area (Å²) >= 11 is 0. The van der Waals surface area contributed by atoms with Crippen molar-refractivity contribution in [2.45, 2.75) is 26.7 Å². The highest BCUT2D eigenvalue weighted by molar-refractivity contribution is 5.66. The molecule has 0 aromatic carbocycles. The summed E-state index contributed by atoms with van der Waals surface area (Å²) in [5.74, 6) is 0.573. The number of nitrogens with two attached hydrogens (primary N) is 1. The van der Waals surface area contributed by atoms with Gasteiger partial charge in [-0.1, -0.05) is 19.9 Å². The molecule has 1 aromatic rings. The summed E-state index contributed by atoms with van der Waals surface area (Å²) in [6.45, 7) is 5.22. The molecule has 0 fully saturated rings. The van der Waals surface area contributed by atoms with Gasteiger partial charge in [0.2, 0.25) is 0 Å². The van der Waals surface area contributed by atoms with Gasteiger partial charge >= 0.3 is 0 Å². The van der Waals surface area contributed by atoms with Crippen molar-refractivity contribution in [1.82, 2.24) is 4.98 Å². The summed E-state index contributed by atoms with van der Waals surface area (Å²) in [5, 5.41) is 0. The summed E-state index contributed by atoms with van der Waals surface area (Å²) in [5.41, 5.74) is 8.19. The smallest absolute Gasteiger partial charge is 0.00808 e. The molecule has 0 aliphatic rings. The van der Waals surface area contributed by atoms with Crippen LogP contribution in [0, 0.1) is 5.92 Å². The van der Waals surface area contributed by atoms with Gasteiger partial charge in [-0.2, -0.15) is 0 Å². The van der Waals surface area contributed by atoms with E-state index in [4.69, 9.17) is 5.73 Å². The van der Waals surface area contributed by atoms with Crippen LogP contribution in [-0.4, -0.2) is 11.5 Å². The lowest BCUT2D eigenvalue weighted by atomic mass is 9.96. The number of aromatic nitrogens is 1. The van der Waals surface area contributed by atoms with Crippen LogP contribution in [0.15, 0.2) is 24.5 Å². The Morgan fingerprint density at radius 2 is 2.36 bits per heavy atom. The number of H-pyrrole nitrogens is 1. The standard InChI is InChI=1S/C12H20N2/c1-10(2)12(5-3-4-7-13)11-6-8-14-9-11/h5-6,8-10,14H,3-4,7,13H2,1-2H3/b12-5+. The van der Waals surface area contributed by atoms with Gasteiger partial charge in [-0.3, -0.25) is 0 Å². The molecule has 0 saturated carbocycles. The van der Waals surface area contributed by atoms with Crippen molar-refractivity contribution in [3.63, 3.8) is 0 Å². The molecule has 0 bridgehead atoms. The van der Waals surface area contributed by atoms with Crippen LogP contribution >= 0.6 is 0 Å². The number of hydrogen-bond donors (Lipinski definition) is 2. The quantitative estimate of drug-likeness (QED) is 0.692. The van der Waals surface area contributed by atoms with Gasteiger partial charge in [0, 0.05) is 12.4 Å². The van der Waals surface area contributed by atoms with Crippen LogP contribution in [0.5, 0.6) is 0 Å². The molecule has 14 heavy (non-hydrogen) atoms. The molecule has 0 amide bonds. The summed E-state index contributed by atoms with van der Waals surface area (Å²) in [6.07, 6.45) is 8.47. The number of hydrogen-bond acceptors (Lipinski definition) is 1. The number of allylic oxidation sites excluding steroid dienone is 2. The molecule has 0 unspecified atom stereocenters. The van der Waals surface area contributed by atoms with Gasteiger partial charge in [-0.05, 0) is 42.5 Å². The predicted octanol–water partition coefficient (Wildman–Crippen LogP) is 2.79. The van der Waals surface area contributed by atoms with Crippen molar-refractivity contribution < 1.29 is 0 Å². The monoisotopic (exact) mass is 192 g/mol. The van der Waals surface area contributed by atoms with Gasteiger partial charge in [0.05, 0.1) is 0 Å². The minimum atomic E-state index is 0.573. The molecule has 78 valence electrons. The van der Waals surface area contributed by atoms with Crippen molar-refractivity contribution in [3.8, 4) is 0 Å². The first kappa shape index (κ1) is 11.1. The van der Waals surface area contributed by atoms with Crippen molar-refractivity contribution in [1.29, 1.82) is 0 Å². The van der Waals surface area contributed by atoms with E-state index >= 15 is 0 Å². The molecule has 0 aliphatic heterocycles. The SMILES string of the molecule is CC(C)/C(=C\CCCN)c1cc[nH]c1. The van der Waals surface area contributed by atoms with Crippen LogP contribution in [0.3, 0.4) is 0 Å². The maximum absolute atomic E-state index is 5.47. The van der Waals surface area contributed by atoms with E-state index in [-0.39, 0.29) is 0 Å². The minimum Gasteiger partial charge on any atom is -0.367 e.